The van der Waals surface area contributed by atoms with Crippen LogP contribution in [-0.2, 0) is 14.8 Å². The van der Waals surface area contributed by atoms with Crippen molar-refractivity contribution in [2.24, 2.45) is 0 Å². The molecule has 1 N–H and O–H groups in total. The fourth-order valence-corrected chi connectivity index (χ4v) is 4.98. The van der Waals surface area contributed by atoms with E-state index >= 15 is 0 Å². The summed E-state index contributed by atoms with van der Waals surface area (Å²) in [6.07, 6.45) is 1.98. The molecule has 1 fully saturated rings. The third-order valence-corrected chi connectivity index (χ3v) is 6.70. The van der Waals surface area contributed by atoms with E-state index in [1.54, 1.807) is 55.6 Å². The Balaban J connectivity index is 1.85. The molecule has 1 unspecified atom stereocenters. The summed E-state index contributed by atoms with van der Waals surface area (Å²) in [6, 6.07) is 12.5. The molecule has 0 aliphatic carbocycles. The molecule has 1 atom stereocenters. The Kier molecular flexibility index (Phi) is 6.21. The molecule has 0 bridgehead atoms. The van der Waals surface area contributed by atoms with Gasteiger partial charge in [0.25, 0.3) is 0 Å². The molecule has 8 heteroatoms. The van der Waals surface area contributed by atoms with Crippen molar-refractivity contribution in [3.63, 3.8) is 0 Å². The van der Waals surface area contributed by atoms with Crippen LogP contribution in [0.3, 0.4) is 0 Å². The summed E-state index contributed by atoms with van der Waals surface area (Å²) in [5.41, 5.74) is 0.468. The molecule has 150 valence electrons. The van der Waals surface area contributed by atoms with Crippen LogP contribution in [0.25, 0.3) is 0 Å². The number of anilines is 1. The Morgan fingerprint density at radius 2 is 1.82 bits per heavy atom. The predicted octanol–water partition coefficient (Wildman–Crippen LogP) is 2.89. The summed E-state index contributed by atoms with van der Waals surface area (Å²) >= 11 is 0. The number of nitrogens with zero attached hydrogens (tertiary/aromatic N) is 1. The molecule has 7 nitrogen and oxygen atoms in total. The number of hydrogen-bond donors (Lipinski definition) is 1. The van der Waals surface area contributed by atoms with Gasteiger partial charge in [-0.1, -0.05) is 24.6 Å². The van der Waals surface area contributed by atoms with Crippen molar-refractivity contribution in [3.8, 4) is 11.5 Å². The zero-order chi connectivity index (χ0) is 20.1. The number of benzene rings is 2. The molecule has 0 spiro atoms. The number of nitrogens with one attached hydrogen (secondary N) is 1. The van der Waals surface area contributed by atoms with Crippen molar-refractivity contribution in [1.82, 2.24) is 4.31 Å². The Morgan fingerprint density at radius 3 is 2.50 bits per heavy atom. The zero-order valence-corrected chi connectivity index (χ0v) is 16.7. The highest BCUT2D eigenvalue weighted by molar-refractivity contribution is 7.89. The summed E-state index contributed by atoms with van der Waals surface area (Å²) in [4.78, 5) is 13.2. The fourth-order valence-electron chi connectivity index (χ4n) is 3.30. The summed E-state index contributed by atoms with van der Waals surface area (Å²) < 4.78 is 37.9. The van der Waals surface area contributed by atoms with Crippen molar-refractivity contribution in [1.29, 1.82) is 0 Å². The molecule has 2 aromatic carbocycles. The van der Waals surface area contributed by atoms with E-state index in [2.05, 4.69) is 5.32 Å². The molecule has 0 aromatic heterocycles. The van der Waals surface area contributed by atoms with Gasteiger partial charge in [0.15, 0.2) is 0 Å². The monoisotopic (exact) mass is 404 g/mol. The first kappa shape index (κ1) is 20.2. The number of carbonyl (C=O) groups is 1. The largest absolute Gasteiger partial charge is 0.497 e. The van der Waals surface area contributed by atoms with E-state index in [0.717, 1.165) is 12.8 Å². The number of carbonyl (C=O) groups excluding carboxylic acids is 1. The number of sulfonamides is 1. The van der Waals surface area contributed by atoms with E-state index in [1.165, 1.54) is 11.4 Å². The fraction of sp³-hybridized carbons (Fsp3) is 0.350. The number of hydrogen-bond acceptors (Lipinski definition) is 5. The van der Waals surface area contributed by atoms with Crippen LogP contribution in [-0.4, -0.2) is 45.4 Å². The standard InChI is InChI=1S/C20H24N2O5S/c1-26-15-11-12-17(19(14-15)27-2)21-20(23)18-10-6-7-13-22(18)28(24,25)16-8-4-3-5-9-16/h3-5,8-9,11-12,14,18H,6-7,10,13H2,1-2H3,(H,21,23). The van der Waals surface area contributed by atoms with Crippen molar-refractivity contribution in [2.75, 3.05) is 26.1 Å². The number of piperidine rings is 1. The molecule has 1 amide bonds. The van der Waals surface area contributed by atoms with E-state index in [-0.39, 0.29) is 10.8 Å². The Morgan fingerprint density at radius 1 is 1.07 bits per heavy atom. The molecular weight excluding hydrogens is 380 g/mol. The van der Waals surface area contributed by atoms with Gasteiger partial charge < -0.3 is 14.8 Å². The van der Waals surface area contributed by atoms with Crippen molar-refractivity contribution < 1.29 is 22.7 Å². The van der Waals surface area contributed by atoms with Gasteiger partial charge >= 0.3 is 0 Å². The van der Waals surface area contributed by atoms with Crippen molar-refractivity contribution >= 4 is 21.6 Å². The minimum absolute atomic E-state index is 0.191. The normalized spacial score (nSPS) is 17.7. The lowest BCUT2D eigenvalue weighted by atomic mass is 10.0. The molecule has 28 heavy (non-hydrogen) atoms. The van der Waals surface area contributed by atoms with Crippen LogP contribution in [0.1, 0.15) is 19.3 Å². The highest BCUT2D eigenvalue weighted by Gasteiger charge is 2.37. The van der Waals surface area contributed by atoms with E-state index < -0.39 is 16.1 Å². The van der Waals surface area contributed by atoms with Crippen molar-refractivity contribution in [2.45, 2.75) is 30.2 Å². The molecule has 1 heterocycles. The third-order valence-electron chi connectivity index (χ3n) is 4.77. The summed E-state index contributed by atoms with van der Waals surface area (Å²) in [6.45, 7) is 0.315. The quantitative estimate of drug-likeness (QED) is 0.800. The maximum atomic E-state index is 13.1. The predicted molar refractivity (Wildman–Crippen MR) is 106 cm³/mol. The molecule has 2 aromatic rings. The highest BCUT2D eigenvalue weighted by atomic mass is 32.2. The van der Waals surface area contributed by atoms with Crippen molar-refractivity contribution in [3.05, 3.63) is 48.5 Å². The molecule has 1 aliphatic heterocycles. The van der Waals surface area contributed by atoms with Gasteiger partial charge in [-0.15, -0.1) is 0 Å². The molecule has 3 rings (SSSR count). The first-order valence-corrected chi connectivity index (χ1v) is 10.5. The molecule has 0 radical (unpaired) electrons. The maximum absolute atomic E-state index is 13.1. The minimum Gasteiger partial charge on any atom is -0.497 e. The van der Waals surface area contributed by atoms with Crippen LogP contribution >= 0.6 is 0 Å². The van der Waals surface area contributed by atoms with E-state index in [9.17, 15) is 13.2 Å². The molecule has 1 saturated heterocycles. The van der Waals surface area contributed by atoms with E-state index in [1.807, 2.05) is 0 Å². The summed E-state index contributed by atoms with van der Waals surface area (Å²) in [7, 11) is -0.713. The molecule has 0 saturated carbocycles. The van der Waals surface area contributed by atoms with E-state index in [0.29, 0.717) is 30.2 Å². The van der Waals surface area contributed by atoms with Gasteiger partial charge in [-0.3, -0.25) is 4.79 Å². The van der Waals surface area contributed by atoms with Crippen LogP contribution in [0.4, 0.5) is 5.69 Å². The second-order valence-electron chi connectivity index (χ2n) is 6.50. The van der Waals surface area contributed by atoms with Crippen LogP contribution in [0, 0.1) is 0 Å². The topological polar surface area (TPSA) is 84.9 Å². The number of amides is 1. The maximum Gasteiger partial charge on any atom is 0.243 e. The second kappa shape index (κ2) is 8.62. The van der Waals surface area contributed by atoms with E-state index in [4.69, 9.17) is 9.47 Å². The van der Waals surface area contributed by atoms with Gasteiger partial charge in [-0.2, -0.15) is 4.31 Å². The Bertz CT molecular complexity index is 931. The van der Waals surface area contributed by atoms with Gasteiger partial charge in [0.1, 0.15) is 17.5 Å². The molecule has 1 aliphatic rings. The smallest absolute Gasteiger partial charge is 0.243 e. The van der Waals surface area contributed by atoms with Crippen LogP contribution in [0.2, 0.25) is 0 Å². The lowest BCUT2D eigenvalue weighted by Gasteiger charge is -2.33. The molecular formula is C20H24N2O5S. The number of methoxy groups -OCH3 is 2. The first-order valence-electron chi connectivity index (χ1n) is 9.07. The lowest BCUT2D eigenvalue weighted by molar-refractivity contribution is -0.120. The minimum atomic E-state index is -3.75. The Hall–Kier alpha value is -2.58. The van der Waals surface area contributed by atoms with Gasteiger partial charge in [0.05, 0.1) is 24.8 Å². The second-order valence-corrected chi connectivity index (χ2v) is 8.39. The van der Waals surface area contributed by atoms with Crippen LogP contribution < -0.4 is 14.8 Å². The van der Waals surface area contributed by atoms with Gasteiger partial charge in [-0.25, -0.2) is 8.42 Å². The van der Waals surface area contributed by atoms with Crippen LogP contribution in [0.5, 0.6) is 11.5 Å². The SMILES string of the molecule is COc1ccc(NC(=O)C2CCCCN2S(=O)(=O)c2ccccc2)c(OC)c1. The summed E-state index contributed by atoms with van der Waals surface area (Å²) in [5, 5.41) is 2.81. The number of rotatable bonds is 6. The summed E-state index contributed by atoms with van der Waals surface area (Å²) in [5.74, 6) is 0.671. The van der Waals surface area contributed by atoms with Gasteiger partial charge in [-0.05, 0) is 37.1 Å². The van der Waals surface area contributed by atoms with Gasteiger partial charge in [0.2, 0.25) is 15.9 Å². The van der Waals surface area contributed by atoms with Gasteiger partial charge in [0, 0.05) is 12.6 Å². The third kappa shape index (κ3) is 4.13. The average molecular weight is 404 g/mol. The average Bonchev–Trinajstić information content (AvgIpc) is 2.74. The highest BCUT2D eigenvalue weighted by Crippen LogP contribution is 2.31. The zero-order valence-electron chi connectivity index (χ0n) is 15.9. The number of ether oxygens (including phenoxy) is 2. The van der Waals surface area contributed by atoms with Crippen LogP contribution in [0.15, 0.2) is 53.4 Å². The first-order chi connectivity index (χ1) is 13.5. The Labute approximate surface area is 165 Å². The lowest BCUT2D eigenvalue weighted by Crippen LogP contribution is -2.49.